The lowest BCUT2D eigenvalue weighted by Gasteiger charge is -2.17. The summed E-state index contributed by atoms with van der Waals surface area (Å²) in [5.41, 5.74) is 1.61. The summed E-state index contributed by atoms with van der Waals surface area (Å²) in [5.74, 6) is 2.02. The Bertz CT molecular complexity index is 979. The van der Waals surface area contributed by atoms with Gasteiger partial charge in [-0.05, 0) is 53.2 Å². The van der Waals surface area contributed by atoms with Gasteiger partial charge in [-0.1, -0.05) is 11.6 Å². The van der Waals surface area contributed by atoms with Crippen molar-refractivity contribution < 1.29 is 9.47 Å². The number of nitrogens with zero attached hydrogens (tertiary/aromatic N) is 2. The van der Waals surface area contributed by atoms with Crippen LogP contribution in [0.25, 0.3) is 10.9 Å². The molecule has 1 aliphatic heterocycles. The quantitative estimate of drug-likeness (QED) is 0.596. The topological polar surface area (TPSA) is 68.3 Å². The van der Waals surface area contributed by atoms with Crippen molar-refractivity contribution in [3.8, 4) is 11.5 Å². The minimum absolute atomic E-state index is 0.140. The largest absolute Gasteiger partial charge is 0.493 e. The average Bonchev–Trinajstić information content (AvgIpc) is 3.17. The van der Waals surface area contributed by atoms with Crippen LogP contribution in [0.4, 0.5) is 11.5 Å². The number of methoxy groups -OCH3 is 1. The van der Waals surface area contributed by atoms with E-state index >= 15 is 0 Å². The third-order valence-electron chi connectivity index (χ3n) is 4.41. The molecule has 0 bridgehead atoms. The molecule has 2 aromatic carbocycles. The fourth-order valence-electron chi connectivity index (χ4n) is 3.03. The predicted octanol–water partition coefficient (Wildman–Crippen LogP) is 4.54. The van der Waals surface area contributed by atoms with E-state index in [9.17, 15) is 0 Å². The minimum Gasteiger partial charge on any atom is -0.493 e. The average molecular weight is 450 g/mol. The van der Waals surface area contributed by atoms with Gasteiger partial charge in [0.1, 0.15) is 18.2 Å². The Kier molecular flexibility index (Phi) is 5.33. The van der Waals surface area contributed by atoms with Gasteiger partial charge in [-0.2, -0.15) is 0 Å². The summed E-state index contributed by atoms with van der Waals surface area (Å²) in [6.07, 6.45) is 2.64. The first-order valence-corrected chi connectivity index (χ1v) is 9.73. The Morgan fingerprint density at radius 1 is 1.22 bits per heavy atom. The molecule has 140 valence electrons. The summed E-state index contributed by atoms with van der Waals surface area (Å²) in [6, 6.07) is 9.44. The molecule has 1 aliphatic rings. The Labute approximate surface area is 170 Å². The molecule has 0 aliphatic carbocycles. The van der Waals surface area contributed by atoms with Gasteiger partial charge in [0.2, 0.25) is 0 Å². The van der Waals surface area contributed by atoms with E-state index in [0.717, 1.165) is 40.6 Å². The van der Waals surface area contributed by atoms with Crippen molar-refractivity contribution in [3.05, 3.63) is 46.2 Å². The number of halogens is 2. The number of benzene rings is 2. The zero-order chi connectivity index (χ0) is 18.8. The van der Waals surface area contributed by atoms with Gasteiger partial charge in [0.05, 0.1) is 17.6 Å². The summed E-state index contributed by atoms with van der Waals surface area (Å²) >= 11 is 9.58. The van der Waals surface area contributed by atoms with Crippen LogP contribution < -0.4 is 20.1 Å². The molecule has 3 aromatic rings. The zero-order valence-corrected chi connectivity index (χ0v) is 17.0. The Hall–Kier alpha value is -2.09. The zero-order valence-electron chi connectivity index (χ0n) is 14.6. The molecule has 27 heavy (non-hydrogen) atoms. The Balaban J connectivity index is 1.70. The first-order chi connectivity index (χ1) is 13.1. The van der Waals surface area contributed by atoms with Crippen LogP contribution in [-0.4, -0.2) is 36.3 Å². The predicted molar refractivity (Wildman–Crippen MR) is 110 cm³/mol. The molecule has 0 spiro atoms. The van der Waals surface area contributed by atoms with E-state index in [1.165, 1.54) is 6.33 Å². The second-order valence-electron chi connectivity index (χ2n) is 6.23. The number of aromatic nitrogens is 2. The lowest BCUT2D eigenvalue weighted by Crippen LogP contribution is -2.19. The van der Waals surface area contributed by atoms with Crippen molar-refractivity contribution in [3.63, 3.8) is 0 Å². The van der Waals surface area contributed by atoms with E-state index in [-0.39, 0.29) is 6.10 Å². The third-order valence-corrected chi connectivity index (χ3v) is 5.64. The molecular weight excluding hydrogens is 432 g/mol. The van der Waals surface area contributed by atoms with E-state index in [0.29, 0.717) is 22.3 Å². The minimum atomic E-state index is 0.140. The number of fused-ring (bicyclic) bond motifs is 1. The van der Waals surface area contributed by atoms with E-state index in [1.54, 1.807) is 7.11 Å². The normalized spacial score (nSPS) is 16.5. The molecule has 6 nitrogen and oxygen atoms in total. The monoisotopic (exact) mass is 448 g/mol. The van der Waals surface area contributed by atoms with Gasteiger partial charge in [0, 0.05) is 28.2 Å². The van der Waals surface area contributed by atoms with Crippen molar-refractivity contribution in [1.82, 2.24) is 15.3 Å². The molecule has 0 amide bonds. The molecule has 2 N–H and O–H groups in total. The van der Waals surface area contributed by atoms with E-state index in [2.05, 4.69) is 36.5 Å². The molecule has 2 heterocycles. The molecule has 1 atom stereocenters. The summed E-state index contributed by atoms with van der Waals surface area (Å²) in [7, 11) is 1.63. The third kappa shape index (κ3) is 3.95. The van der Waals surface area contributed by atoms with E-state index in [4.69, 9.17) is 21.1 Å². The molecule has 1 saturated heterocycles. The fraction of sp³-hybridized carbons (Fsp3) is 0.263. The summed E-state index contributed by atoms with van der Waals surface area (Å²) in [4.78, 5) is 8.77. The summed E-state index contributed by atoms with van der Waals surface area (Å²) in [5, 5.41) is 8.05. The van der Waals surface area contributed by atoms with Crippen LogP contribution in [0.5, 0.6) is 11.5 Å². The first-order valence-electron chi connectivity index (χ1n) is 8.56. The fourth-order valence-corrected chi connectivity index (χ4v) is 3.46. The molecule has 1 aromatic heterocycles. The van der Waals surface area contributed by atoms with Gasteiger partial charge in [0.15, 0.2) is 11.5 Å². The maximum Gasteiger partial charge on any atom is 0.163 e. The highest BCUT2D eigenvalue weighted by Gasteiger charge is 2.19. The van der Waals surface area contributed by atoms with E-state index in [1.807, 2.05) is 30.3 Å². The van der Waals surface area contributed by atoms with Gasteiger partial charge in [-0.15, -0.1) is 0 Å². The van der Waals surface area contributed by atoms with Crippen LogP contribution in [0.1, 0.15) is 6.42 Å². The van der Waals surface area contributed by atoms with Gasteiger partial charge < -0.3 is 20.1 Å². The molecule has 0 saturated carbocycles. The lowest BCUT2D eigenvalue weighted by molar-refractivity contribution is 0.213. The van der Waals surface area contributed by atoms with Crippen LogP contribution in [0.2, 0.25) is 5.02 Å². The molecule has 8 heteroatoms. The van der Waals surface area contributed by atoms with Crippen molar-refractivity contribution in [1.29, 1.82) is 0 Å². The molecule has 0 unspecified atom stereocenters. The molecule has 1 fully saturated rings. The van der Waals surface area contributed by atoms with Crippen molar-refractivity contribution in [2.24, 2.45) is 0 Å². The highest BCUT2D eigenvalue weighted by atomic mass is 79.9. The van der Waals surface area contributed by atoms with Crippen molar-refractivity contribution in [2.45, 2.75) is 12.5 Å². The van der Waals surface area contributed by atoms with Gasteiger partial charge in [-0.25, -0.2) is 9.97 Å². The van der Waals surface area contributed by atoms with Crippen LogP contribution in [-0.2, 0) is 0 Å². The van der Waals surface area contributed by atoms with Crippen molar-refractivity contribution >= 4 is 49.9 Å². The van der Waals surface area contributed by atoms with Gasteiger partial charge in [0.25, 0.3) is 0 Å². The molecule has 0 radical (unpaired) electrons. The summed E-state index contributed by atoms with van der Waals surface area (Å²) in [6.45, 7) is 1.80. The van der Waals surface area contributed by atoms with Crippen LogP contribution in [0.15, 0.2) is 41.1 Å². The highest BCUT2D eigenvalue weighted by molar-refractivity contribution is 9.10. The van der Waals surface area contributed by atoms with Crippen LogP contribution >= 0.6 is 27.5 Å². The van der Waals surface area contributed by atoms with Crippen molar-refractivity contribution in [2.75, 3.05) is 25.5 Å². The van der Waals surface area contributed by atoms with Gasteiger partial charge in [-0.3, -0.25) is 0 Å². The van der Waals surface area contributed by atoms with E-state index < -0.39 is 0 Å². The standard InChI is InChI=1S/C19H18BrClN4O2/c1-26-17-7-13-16(8-18(17)27-12-4-5-22-9-12)23-10-24-19(13)25-11-2-3-14(20)15(21)6-11/h2-3,6-8,10,12,22H,4-5,9H2,1H3,(H,23,24,25)/t12-/m1/s1. The number of hydrogen-bond acceptors (Lipinski definition) is 6. The number of nitrogens with one attached hydrogen (secondary N) is 2. The smallest absolute Gasteiger partial charge is 0.163 e. The van der Waals surface area contributed by atoms with Crippen LogP contribution in [0, 0.1) is 0 Å². The second kappa shape index (κ2) is 7.88. The Morgan fingerprint density at radius 2 is 2.11 bits per heavy atom. The summed E-state index contributed by atoms with van der Waals surface area (Å²) < 4.78 is 12.5. The van der Waals surface area contributed by atoms with Crippen LogP contribution in [0.3, 0.4) is 0 Å². The lowest BCUT2D eigenvalue weighted by atomic mass is 10.2. The number of rotatable bonds is 5. The number of hydrogen-bond donors (Lipinski definition) is 2. The highest BCUT2D eigenvalue weighted by Crippen LogP contribution is 2.36. The second-order valence-corrected chi connectivity index (χ2v) is 7.49. The Morgan fingerprint density at radius 3 is 2.85 bits per heavy atom. The molecular formula is C19H18BrClN4O2. The number of anilines is 2. The maximum absolute atomic E-state index is 6.19. The first kappa shape index (κ1) is 18.3. The molecule has 4 rings (SSSR count). The van der Waals surface area contributed by atoms with Gasteiger partial charge >= 0.3 is 0 Å². The number of ether oxygens (including phenoxy) is 2. The maximum atomic E-state index is 6.19. The SMILES string of the molecule is COc1cc2c(Nc3ccc(Br)c(Cl)c3)ncnc2cc1O[C@@H]1CCNC1.